The van der Waals surface area contributed by atoms with E-state index in [4.69, 9.17) is 25.4 Å². The van der Waals surface area contributed by atoms with Crippen molar-refractivity contribution in [3.8, 4) is 17.2 Å². The number of aromatic amines is 1. The molecular formula is C27H25FN6O6. The number of hydrogen-bond acceptors (Lipinski definition) is 9. The highest BCUT2D eigenvalue weighted by atomic mass is 19.1. The second-order valence-electron chi connectivity index (χ2n) is 8.43. The van der Waals surface area contributed by atoms with Gasteiger partial charge in [-0.2, -0.15) is 4.68 Å². The fourth-order valence-electron chi connectivity index (χ4n) is 3.98. The minimum Gasteiger partial charge on any atom is -0.493 e. The number of para-hydroxylation sites is 1. The molecule has 206 valence electrons. The summed E-state index contributed by atoms with van der Waals surface area (Å²) in [7, 11) is 2.95. The van der Waals surface area contributed by atoms with E-state index in [0.717, 1.165) is 17.7 Å². The topological polar surface area (TPSA) is 174 Å². The highest BCUT2D eigenvalue weighted by molar-refractivity contribution is 5.99. The Morgan fingerprint density at radius 1 is 1.05 bits per heavy atom. The van der Waals surface area contributed by atoms with Crippen molar-refractivity contribution < 1.29 is 28.2 Å². The van der Waals surface area contributed by atoms with Crippen LogP contribution in [0.3, 0.4) is 0 Å². The predicted octanol–water partition coefficient (Wildman–Crippen LogP) is 2.91. The number of nitrogens with zero attached hydrogens (tertiary/aromatic N) is 2. The summed E-state index contributed by atoms with van der Waals surface area (Å²) in [4.78, 5) is 39.6. The minimum atomic E-state index is -0.949. The van der Waals surface area contributed by atoms with E-state index >= 15 is 0 Å². The van der Waals surface area contributed by atoms with Crippen LogP contribution >= 0.6 is 0 Å². The number of H-pyrrole nitrogens is 1. The number of nitrogens with two attached hydrogens (primary N) is 1. The van der Waals surface area contributed by atoms with Gasteiger partial charge in [0.05, 0.1) is 31.0 Å². The number of nitrogens with one attached hydrogen (secondary N) is 3. The van der Waals surface area contributed by atoms with Gasteiger partial charge in [0, 0.05) is 12.6 Å². The molecule has 0 saturated carbocycles. The number of anilines is 1. The zero-order chi connectivity index (χ0) is 29.0. The van der Waals surface area contributed by atoms with Crippen LogP contribution in [0.1, 0.15) is 40.3 Å². The van der Waals surface area contributed by atoms with E-state index in [1.165, 1.54) is 38.5 Å². The number of hydrogen-bond donors (Lipinski definition) is 4. The summed E-state index contributed by atoms with van der Waals surface area (Å²) < 4.78 is 31.0. The third-order valence-electron chi connectivity index (χ3n) is 5.81. The van der Waals surface area contributed by atoms with Gasteiger partial charge in [-0.3, -0.25) is 15.2 Å². The molecule has 1 heterocycles. The molecule has 1 aromatic heterocycles. The Morgan fingerprint density at radius 3 is 2.42 bits per heavy atom. The number of aromatic nitrogens is 3. The minimum absolute atomic E-state index is 0.0598. The van der Waals surface area contributed by atoms with Crippen LogP contribution in [0.4, 0.5) is 10.1 Å². The van der Waals surface area contributed by atoms with Gasteiger partial charge in [0.2, 0.25) is 0 Å². The molecule has 0 amide bonds. The molecule has 1 atom stereocenters. The summed E-state index contributed by atoms with van der Waals surface area (Å²) in [5.41, 5.74) is 5.54. The summed E-state index contributed by atoms with van der Waals surface area (Å²) in [6, 6.07) is 14.2. The number of nitrogen functional groups attached to an aromatic ring is 1. The Bertz CT molecular complexity index is 1660. The van der Waals surface area contributed by atoms with Crippen LogP contribution in [-0.4, -0.2) is 46.8 Å². The number of methoxy groups -OCH3 is 2. The second kappa shape index (κ2) is 11.5. The van der Waals surface area contributed by atoms with Crippen LogP contribution in [0, 0.1) is 11.2 Å². The van der Waals surface area contributed by atoms with E-state index in [-0.39, 0.29) is 22.6 Å². The van der Waals surface area contributed by atoms with Gasteiger partial charge in [0.1, 0.15) is 17.7 Å². The van der Waals surface area contributed by atoms with Crippen LogP contribution in [0.2, 0.25) is 0 Å². The first kappa shape index (κ1) is 27.6. The lowest BCUT2D eigenvalue weighted by Gasteiger charge is -2.20. The standard InChI is InChI=1S/C27H25FN6O6/c1-14(35)40-26(36)18-6-4-5-7-20(18)34-27(37)32-25(33-34)23(15-8-11-21(38-2)22(12-15)39-3)31-16-9-10-17(24(29)30)19(28)13-16/h4-13,23,31H,1-3H3,(H3,29,30)(H,32,33,37). The molecule has 3 aromatic carbocycles. The van der Waals surface area contributed by atoms with Crippen molar-refractivity contribution in [2.24, 2.45) is 5.73 Å². The maximum Gasteiger partial charge on any atom is 0.348 e. The Hall–Kier alpha value is -5.46. The van der Waals surface area contributed by atoms with Crippen LogP contribution < -0.4 is 26.2 Å². The van der Waals surface area contributed by atoms with Crippen molar-refractivity contribution in [1.29, 1.82) is 5.41 Å². The van der Waals surface area contributed by atoms with Gasteiger partial charge in [-0.15, -0.1) is 5.10 Å². The number of esters is 2. The molecule has 0 fully saturated rings. The monoisotopic (exact) mass is 548 g/mol. The fraction of sp³-hybridized carbons (Fsp3) is 0.148. The Kier molecular flexibility index (Phi) is 7.94. The zero-order valence-electron chi connectivity index (χ0n) is 21.7. The first-order valence-corrected chi connectivity index (χ1v) is 11.8. The normalized spacial score (nSPS) is 11.4. The van der Waals surface area contributed by atoms with Crippen molar-refractivity contribution in [2.75, 3.05) is 19.5 Å². The Morgan fingerprint density at radius 2 is 1.77 bits per heavy atom. The number of rotatable bonds is 9. The summed E-state index contributed by atoms with van der Waals surface area (Å²) in [6.45, 7) is 1.09. The smallest absolute Gasteiger partial charge is 0.348 e. The molecule has 0 aliphatic rings. The molecule has 4 rings (SSSR count). The largest absolute Gasteiger partial charge is 0.493 e. The summed E-state index contributed by atoms with van der Waals surface area (Å²) in [5, 5.41) is 15.1. The second-order valence-corrected chi connectivity index (χ2v) is 8.43. The van der Waals surface area contributed by atoms with E-state index in [1.54, 1.807) is 30.3 Å². The maximum atomic E-state index is 14.6. The van der Waals surface area contributed by atoms with Gasteiger partial charge in [-0.1, -0.05) is 18.2 Å². The molecular weight excluding hydrogens is 523 g/mol. The number of ether oxygens (including phenoxy) is 3. The van der Waals surface area contributed by atoms with E-state index in [2.05, 4.69) is 15.4 Å². The average molecular weight is 549 g/mol. The zero-order valence-corrected chi connectivity index (χ0v) is 21.7. The maximum absolute atomic E-state index is 14.6. The first-order valence-electron chi connectivity index (χ1n) is 11.8. The van der Waals surface area contributed by atoms with E-state index < -0.39 is 35.3 Å². The van der Waals surface area contributed by atoms with Gasteiger partial charge < -0.3 is 25.3 Å². The van der Waals surface area contributed by atoms with Crippen molar-refractivity contribution in [3.63, 3.8) is 0 Å². The van der Waals surface area contributed by atoms with Crippen molar-refractivity contribution >= 4 is 23.5 Å². The lowest BCUT2D eigenvalue weighted by molar-refractivity contribution is -0.135. The summed E-state index contributed by atoms with van der Waals surface area (Å²) in [5.74, 6) is -1.96. The molecule has 13 heteroatoms. The molecule has 0 aliphatic heterocycles. The molecule has 40 heavy (non-hydrogen) atoms. The number of amidine groups is 1. The number of halogens is 1. The summed E-state index contributed by atoms with van der Waals surface area (Å²) in [6.07, 6.45) is 0. The molecule has 5 N–H and O–H groups in total. The fourth-order valence-corrected chi connectivity index (χ4v) is 3.98. The van der Waals surface area contributed by atoms with E-state index in [9.17, 15) is 18.8 Å². The number of carbonyl (C=O) groups is 2. The van der Waals surface area contributed by atoms with Crippen LogP contribution in [0.5, 0.6) is 11.5 Å². The van der Waals surface area contributed by atoms with Crippen LogP contribution in [0.25, 0.3) is 5.69 Å². The Balaban J connectivity index is 1.83. The predicted molar refractivity (Wildman–Crippen MR) is 143 cm³/mol. The molecule has 4 aromatic rings. The van der Waals surface area contributed by atoms with Crippen LogP contribution in [-0.2, 0) is 9.53 Å². The molecule has 0 bridgehead atoms. The molecule has 1 unspecified atom stereocenters. The van der Waals surface area contributed by atoms with Gasteiger partial charge in [0.15, 0.2) is 17.3 Å². The van der Waals surface area contributed by atoms with E-state index in [0.29, 0.717) is 22.7 Å². The van der Waals surface area contributed by atoms with Gasteiger partial charge >= 0.3 is 17.6 Å². The van der Waals surface area contributed by atoms with Gasteiger partial charge in [-0.05, 0) is 48.0 Å². The van der Waals surface area contributed by atoms with Gasteiger partial charge in [-0.25, -0.2) is 14.0 Å². The van der Waals surface area contributed by atoms with Crippen molar-refractivity contribution in [2.45, 2.75) is 13.0 Å². The SMILES string of the molecule is COc1ccc(C(Nc2ccc(C(=N)N)c(F)c2)c2nn(-c3ccccc3C(=O)OC(C)=O)c(=O)[nH]2)cc1OC. The molecule has 0 spiro atoms. The lowest BCUT2D eigenvalue weighted by Crippen LogP contribution is -2.20. The molecule has 0 saturated heterocycles. The van der Waals surface area contributed by atoms with Crippen LogP contribution in [0.15, 0.2) is 65.5 Å². The number of benzene rings is 3. The average Bonchev–Trinajstić information content (AvgIpc) is 3.31. The molecule has 0 aliphatic carbocycles. The lowest BCUT2D eigenvalue weighted by atomic mass is 10.0. The van der Waals surface area contributed by atoms with E-state index in [1.807, 2.05) is 0 Å². The molecule has 0 radical (unpaired) electrons. The third-order valence-corrected chi connectivity index (χ3v) is 5.81. The number of carbonyl (C=O) groups excluding carboxylic acids is 2. The highest BCUT2D eigenvalue weighted by Crippen LogP contribution is 2.33. The highest BCUT2D eigenvalue weighted by Gasteiger charge is 2.24. The summed E-state index contributed by atoms with van der Waals surface area (Å²) >= 11 is 0. The van der Waals surface area contributed by atoms with Crippen molar-refractivity contribution in [1.82, 2.24) is 14.8 Å². The van der Waals surface area contributed by atoms with Gasteiger partial charge in [0.25, 0.3) is 0 Å². The third kappa shape index (κ3) is 5.67. The quantitative estimate of drug-likeness (QED) is 0.106. The van der Waals surface area contributed by atoms with Crippen molar-refractivity contribution in [3.05, 3.63) is 99.5 Å². The Labute approximate surface area is 227 Å². The molecule has 12 nitrogen and oxygen atoms in total. The first-order chi connectivity index (χ1) is 19.1.